The summed E-state index contributed by atoms with van der Waals surface area (Å²) in [6, 6.07) is 3.71. The van der Waals surface area contributed by atoms with Crippen LogP contribution in [0.15, 0.2) is 37.1 Å². The predicted octanol–water partition coefficient (Wildman–Crippen LogP) is 1.32. The lowest BCUT2D eigenvalue weighted by Crippen LogP contribution is -1.97. The van der Waals surface area contributed by atoms with Crippen LogP contribution in [0.2, 0.25) is 0 Å². The zero-order valence-electron chi connectivity index (χ0n) is 7.83. The topological polar surface area (TPSA) is 50.9 Å². The molecule has 2 rings (SSSR count). The fourth-order valence-corrected chi connectivity index (χ4v) is 1.21. The third-order valence-corrected chi connectivity index (χ3v) is 2.00. The molecule has 0 bridgehead atoms. The van der Waals surface area contributed by atoms with E-state index in [1.54, 1.807) is 31.7 Å². The van der Waals surface area contributed by atoms with Gasteiger partial charge in [0.15, 0.2) is 0 Å². The zero-order valence-corrected chi connectivity index (χ0v) is 7.83. The van der Waals surface area contributed by atoms with E-state index in [1.807, 2.05) is 16.8 Å². The second-order valence-electron chi connectivity index (χ2n) is 3.09. The fraction of sp³-hybridized carbons (Fsp3) is 0.200. The van der Waals surface area contributed by atoms with E-state index >= 15 is 0 Å². The highest BCUT2D eigenvalue weighted by Crippen LogP contribution is 2.11. The highest BCUT2D eigenvalue weighted by Gasteiger charge is 2.02. The number of aliphatic hydroxyl groups is 1. The van der Waals surface area contributed by atoms with E-state index in [4.69, 9.17) is 0 Å². The van der Waals surface area contributed by atoms with E-state index in [9.17, 15) is 5.11 Å². The summed E-state index contributed by atoms with van der Waals surface area (Å²) in [7, 11) is 0. The van der Waals surface area contributed by atoms with Crippen LogP contribution in [0.4, 0.5) is 0 Å². The number of nitrogens with zero attached hydrogens (tertiary/aromatic N) is 3. The third-order valence-electron chi connectivity index (χ3n) is 2.00. The van der Waals surface area contributed by atoms with E-state index in [2.05, 4.69) is 9.97 Å². The van der Waals surface area contributed by atoms with Crippen LogP contribution < -0.4 is 0 Å². The van der Waals surface area contributed by atoms with Crippen LogP contribution >= 0.6 is 0 Å². The van der Waals surface area contributed by atoms with Gasteiger partial charge in [0.2, 0.25) is 0 Å². The Balaban J connectivity index is 2.31. The van der Waals surface area contributed by atoms with E-state index in [0.717, 1.165) is 5.69 Å². The van der Waals surface area contributed by atoms with Crippen LogP contribution in [0.5, 0.6) is 0 Å². The van der Waals surface area contributed by atoms with Gasteiger partial charge in [-0.2, -0.15) is 0 Å². The van der Waals surface area contributed by atoms with Crippen molar-refractivity contribution in [3.63, 3.8) is 0 Å². The number of rotatable bonds is 2. The highest BCUT2D eigenvalue weighted by molar-refractivity contribution is 5.29. The van der Waals surface area contributed by atoms with Gasteiger partial charge in [-0.25, -0.2) is 4.98 Å². The first-order valence-electron chi connectivity index (χ1n) is 4.40. The molecule has 0 radical (unpaired) electrons. The van der Waals surface area contributed by atoms with Crippen LogP contribution in [-0.4, -0.2) is 19.6 Å². The minimum atomic E-state index is -0.521. The predicted molar refractivity (Wildman–Crippen MR) is 52.0 cm³/mol. The van der Waals surface area contributed by atoms with Crippen molar-refractivity contribution < 1.29 is 5.11 Å². The molecule has 0 saturated heterocycles. The van der Waals surface area contributed by atoms with Gasteiger partial charge in [-0.1, -0.05) is 0 Å². The molecular weight excluding hydrogens is 178 g/mol. The maximum atomic E-state index is 9.26. The molecule has 14 heavy (non-hydrogen) atoms. The molecule has 0 saturated carbocycles. The average Bonchev–Trinajstić information content (AvgIpc) is 2.71. The third kappa shape index (κ3) is 1.65. The molecule has 0 aliphatic heterocycles. The summed E-state index contributed by atoms with van der Waals surface area (Å²) in [6.07, 6.45) is 6.46. The largest absolute Gasteiger partial charge is 0.387 e. The Kier molecular flexibility index (Phi) is 2.28. The summed E-state index contributed by atoms with van der Waals surface area (Å²) in [4.78, 5) is 8.08. The van der Waals surface area contributed by atoms with Crippen molar-refractivity contribution in [3.05, 3.63) is 42.7 Å². The van der Waals surface area contributed by atoms with Crippen molar-refractivity contribution in [2.75, 3.05) is 0 Å². The molecule has 4 nitrogen and oxygen atoms in total. The van der Waals surface area contributed by atoms with Gasteiger partial charge in [0.25, 0.3) is 0 Å². The maximum Gasteiger partial charge on any atom is 0.0992 e. The van der Waals surface area contributed by atoms with Crippen molar-refractivity contribution in [2.24, 2.45) is 0 Å². The molecule has 1 atom stereocenters. The minimum absolute atomic E-state index is 0.521. The Morgan fingerprint density at radius 1 is 1.43 bits per heavy atom. The van der Waals surface area contributed by atoms with Crippen LogP contribution in [0, 0.1) is 0 Å². The Bertz CT molecular complexity index is 392. The summed E-state index contributed by atoms with van der Waals surface area (Å²) < 4.78 is 1.86. The number of pyridine rings is 1. The Morgan fingerprint density at radius 3 is 2.79 bits per heavy atom. The van der Waals surface area contributed by atoms with E-state index in [0.29, 0.717) is 5.69 Å². The van der Waals surface area contributed by atoms with E-state index in [-0.39, 0.29) is 0 Å². The molecule has 72 valence electrons. The molecule has 0 aromatic carbocycles. The van der Waals surface area contributed by atoms with Crippen molar-refractivity contribution in [1.29, 1.82) is 0 Å². The molecule has 1 N–H and O–H groups in total. The molecule has 2 heterocycles. The molecule has 0 aliphatic carbocycles. The Hall–Kier alpha value is -1.68. The number of hydrogen-bond acceptors (Lipinski definition) is 3. The summed E-state index contributed by atoms with van der Waals surface area (Å²) in [5, 5.41) is 9.26. The van der Waals surface area contributed by atoms with Crippen molar-refractivity contribution in [3.8, 4) is 5.69 Å². The number of aliphatic hydroxyl groups excluding tert-OH is 1. The SMILES string of the molecule is C[C@H](O)c1ccc(-n2ccnc2)cn1. The smallest absolute Gasteiger partial charge is 0.0992 e. The van der Waals surface area contributed by atoms with Crippen LogP contribution in [0.25, 0.3) is 5.69 Å². The minimum Gasteiger partial charge on any atom is -0.387 e. The number of hydrogen-bond donors (Lipinski definition) is 1. The van der Waals surface area contributed by atoms with Crippen molar-refractivity contribution in [2.45, 2.75) is 13.0 Å². The maximum absolute atomic E-state index is 9.26. The second-order valence-corrected chi connectivity index (χ2v) is 3.09. The van der Waals surface area contributed by atoms with Gasteiger partial charge in [0, 0.05) is 12.4 Å². The summed E-state index contributed by atoms with van der Waals surface area (Å²) in [6.45, 7) is 1.69. The Labute approximate surface area is 81.9 Å². The number of imidazole rings is 1. The molecule has 2 aromatic rings. The van der Waals surface area contributed by atoms with Crippen LogP contribution in [0.3, 0.4) is 0 Å². The molecule has 2 aromatic heterocycles. The first kappa shape index (κ1) is 8.90. The van der Waals surface area contributed by atoms with Crippen molar-refractivity contribution in [1.82, 2.24) is 14.5 Å². The molecular formula is C10H11N3O. The van der Waals surface area contributed by atoms with E-state index in [1.165, 1.54) is 0 Å². The molecule has 0 spiro atoms. The van der Waals surface area contributed by atoms with Gasteiger partial charge >= 0.3 is 0 Å². The van der Waals surface area contributed by atoms with Gasteiger partial charge in [-0.3, -0.25) is 4.98 Å². The second kappa shape index (κ2) is 3.59. The van der Waals surface area contributed by atoms with Gasteiger partial charge < -0.3 is 9.67 Å². The molecule has 0 fully saturated rings. The highest BCUT2D eigenvalue weighted by atomic mass is 16.3. The Morgan fingerprint density at radius 2 is 2.29 bits per heavy atom. The lowest BCUT2D eigenvalue weighted by molar-refractivity contribution is 0.194. The summed E-state index contributed by atoms with van der Waals surface area (Å²) >= 11 is 0. The standard InChI is InChI=1S/C10H11N3O/c1-8(14)10-3-2-9(6-12-10)13-5-4-11-7-13/h2-8,14H,1H3/t8-/m0/s1. The molecule has 4 heteroatoms. The van der Waals surface area contributed by atoms with E-state index < -0.39 is 6.10 Å². The van der Waals surface area contributed by atoms with Crippen molar-refractivity contribution >= 4 is 0 Å². The first-order chi connectivity index (χ1) is 6.77. The van der Waals surface area contributed by atoms with Gasteiger partial charge in [0.1, 0.15) is 0 Å². The summed E-state index contributed by atoms with van der Waals surface area (Å²) in [5.41, 5.74) is 1.61. The fourth-order valence-electron chi connectivity index (χ4n) is 1.21. The monoisotopic (exact) mass is 189 g/mol. The lowest BCUT2D eigenvalue weighted by atomic mass is 10.2. The van der Waals surface area contributed by atoms with Gasteiger partial charge in [-0.05, 0) is 19.1 Å². The normalized spacial score (nSPS) is 12.7. The van der Waals surface area contributed by atoms with Crippen LogP contribution in [0.1, 0.15) is 18.7 Å². The van der Waals surface area contributed by atoms with Gasteiger partial charge in [-0.15, -0.1) is 0 Å². The molecule has 0 unspecified atom stereocenters. The zero-order chi connectivity index (χ0) is 9.97. The lowest BCUT2D eigenvalue weighted by Gasteiger charge is -2.05. The summed E-state index contributed by atoms with van der Waals surface area (Å²) in [5.74, 6) is 0. The van der Waals surface area contributed by atoms with Gasteiger partial charge in [0.05, 0.1) is 30.0 Å². The molecule has 0 amide bonds. The quantitative estimate of drug-likeness (QED) is 0.775. The first-order valence-corrected chi connectivity index (χ1v) is 4.40. The molecule has 0 aliphatic rings. The van der Waals surface area contributed by atoms with Crippen LogP contribution in [-0.2, 0) is 0 Å². The average molecular weight is 189 g/mol. The number of aromatic nitrogens is 3.